The minimum absolute atomic E-state index is 0.193. The Bertz CT molecular complexity index is 596. The molecule has 0 amide bonds. The van der Waals surface area contributed by atoms with E-state index >= 15 is 0 Å². The summed E-state index contributed by atoms with van der Waals surface area (Å²) in [6.07, 6.45) is 0. The highest BCUT2D eigenvalue weighted by Gasteiger charge is 2.09. The topological polar surface area (TPSA) is 63.8 Å². The van der Waals surface area contributed by atoms with Crippen LogP contribution in [-0.4, -0.2) is 17.0 Å². The molecule has 0 saturated carbocycles. The Kier molecular flexibility index (Phi) is 3.14. The van der Waals surface area contributed by atoms with Gasteiger partial charge < -0.3 is 11.1 Å². The van der Waals surface area contributed by atoms with Gasteiger partial charge in [-0.1, -0.05) is 0 Å². The number of aromatic nitrogens is 2. The van der Waals surface area contributed by atoms with Crippen LogP contribution in [0.5, 0.6) is 0 Å². The van der Waals surface area contributed by atoms with Crippen molar-refractivity contribution in [1.29, 1.82) is 0 Å². The van der Waals surface area contributed by atoms with E-state index in [-0.39, 0.29) is 11.8 Å². The van der Waals surface area contributed by atoms with Gasteiger partial charge in [-0.3, -0.25) is 0 Å². The summed E-state index contributed by atoms with van der Waals surface area (Å²) in [6, 6.07) is 5.06. The second-order valence-corrected chi connectivity index (χ2v) is 4.16. The first-order valence-corrected chi connectivity index (χ1v) is 5.60. The summed E-state index contributed by atoms with van der Waals surface area (Å²) < 4.78 is 13.4. The second-order valence-electron chi connectivity index (χ2n) is 4.16. The predicted molar refractivity (Wildman–Crippen MR) is 70.9 cm³/mol. The maximum absolute atomic E-state index is 13.4. The highest BCUT2D eigenvalue weighted by molar-refractivity contribution is 5.68. The van der Waals surface area contributed by atoms with Crippen LogP contribution in [0.3, 0.4) is 0 Å². The van der Waals surface area contributed by atoms with Crippen molar-refractivity contribution in [1.82, 2.24) is 9.97 Å². The number of rotatable bonds is 2. The first-order valence-electron chi connectivity index (χ1n) is 5.60. The van der Waals surface area contributed by atoms with Gasteiger partial charge in [-0.15, -0.1) is 0 Å². The second kappa shape index (κ2) is 4.60. The van der Waals surface area contributed by atoms with Gasteiger partial charge >= 0.3 is 0 Å². The van der Waals surface area contributed by atoms with Crippen molar-refractivity contribution in [3.8, 4) is 11.3 Å². The number of hydrogen-bond acceptors (Lipinski definition) is 4. The van der Waals surface area contributed by atoms with Crippen LogP contribution in [0.2, 0.25) is 0 Å². The van der Waals surface area contributed by atoms with Crippen LogP contribution in [-0.2, 0) is 0 Å². The van der Waals surface area contributed by atoms with E-state index in [1.807, 2.05) is 6.92 Å². The van der Waals surface area contributed by atoms with Gasteiger partial charge in [0.05, 0.1) is 5.69 Å². The van der Waals surface area contributed by atoms with Crippen molar-refractivity contribution in [3.63, 3.8) is 0 Å². The number of nitrogens with one attached hydrogen (secondary N) is 1. The minimum Gasteiger partial charge on any atom is -0.373 e. The van der Waals surface area contributed by atoms with Gasteiger partial charge in [0.25, 0.3) is 0 Å². The van der Waals surface area contributed by atoms with Gasteiger partial charge in [-0.2, -0.15) is 4.98 Å². The Hall–Kier alpha value is -2.17. The molecule has 5 heteroatoms. The monoisotopic (exact) mass is 246 g/mol. The lowest BCUT2D eigenvalue weighted by Crippen LogP contribution is -2.02. The average molecular weight is 246 g/mol. The Morgan fingerprint density at radius 3 is 2.50 bits per heavy atom. The molecule has 2 aromatic rings. The number of nitrogens with zero attached hydrogens (tertiary/aromatic N) is 2. The zero-order valence-corrected chi connectivity index (χ0v) is 10.6. The first-order chi connectivity index (χ1) is 8.51. The molecule has 0 radical (unpaired) electrons. The third-order valence-corrected chi connectivity index (χ3v) is 2.78. The normalized spacial score (nSPS) is 10.4. The van der Waals surface area contributed by atoms with E-state index in [9.17, 15) is 4.39 Å². The van der Waals surface area contributed by atoms with Gasteiger partial charge in [-0.05, 0) is 37.1 Å². The van der Waals surface area contributed by atoms with E-state index in [1.165, 1.54) is 6.07 Å². The molecule has 1 heterocycles. The molecule has 0 saturated heterocycles. The van der Waals surface area contributed by atoms with Crippen molar-refractivity contribution in [2.45, 2.75) is 13.8 Å². The zero-order chi connectivity index (χ0) is 13.3. The molecule has 0 aliphatic carbocycles. The van der Waals surface area contributed by atoms with Crippen LogP contribution in [0.25, 0.3) is 11.3 Å². The Balaban J connectivity index is 2.61. The number of hydrogen-bond donors (Lipinski definition) is 2. The van der Waals surface area contributed by atoms with Crippen molar-refractivity contribution in [2.24, 2.45) is 0 Å². The highest BCUT2D eigenvalue weighted by atomic mass is 19.1. The zero-order valence-electron chi connectivity index (χ0n) is 10.6. The average Bonchev–Trinajstić information content (AvgIpc) is 2.33. The highest BCUT2D eigenvalue weighted by Crippen LogP contribution is 2.26. The molecule has 18 heavy (non-hydrogen) atoms. The number of nitrogens with two attached hydrogens (primary N) is 1. The third-order valence-electron chi connectivity index (χ3n) is 2.78. The number of aryl methyl sites for hydroxylation is 2. The third kappa shape index (κ3) is 2.25. The lowest BCUT2D eigenvalue weighted by Gasteiger charge is -2.09. The maximum atomic E-state index is 13.4. The smallest absolute Gasteiger partial charge is 0.222 e. The van der Waals surface area contributed by atoms with E-state index in [1.54, 1.807) is 26.1 Å². The molecule has 0 spiro atoms. The number of halogens is 1. The first kappa shape index (κ1) is 12.3. The van der Waals surface area contributed by atoms with E-state index < -0.39 is 0 Å². The van der Waals surface area contributed by atoms with E-state index in [0.717, 1.165) is 11.1 Å². The lowest BCUT2D eigenvalue weighted by molar-refractivity contribution is 0.617. The molecule has 0 aliphatic rings. The fourth-order valence-electron chi connectivity index (χ4n) is 1.79. The summed E-state index contributed by atoms with van der Waals surface area (Å²) in [5.74, 6) is 0.615. The predicted octanol–water partition coefficient (Wildman–Crippen LogP) is 2.52. The SMILES string of the molecule is CNc1cc(-c2cc(C)c(F)cc2C)nc(N)n1. The van der Waals surface area contributed by atoms with E-state index in [4.69, 9.17) is 5.73 Å². The standard InChI is InChI=1S/C13H15FN4/c1-7-5-10(14)8(2)4-9(7)11-6-12(16-3)18-13(15)17-11/h4-6H,1-3H3,(H3,15,16,17,18). The van der Waals surface area contributed by atoms with Crippen LogP contribution < -0.4 is 11.1 Å². The molecule has 1 aromatic carbocycles. The van der Waals surface area contributed by atoms with Crippen molar-refractivity contribution < 1.29 is 4.39 Å². The van der Waals surface area contributed by atoms with Crippen LogP contribution in [0.15, 0.2) is 18.2 Å². The fourth-order valence-corrected chi connectivity index (χ4v) is 1.79. The van der Waals surface area contributed by atoms with Crippen molar-refractivity contribution >= 4 is 11.8 Å². The van der Waals surface area contributed by atoms with Crippen molar-refractivity contribution in [3.05, 3.63) is 35.1 Å². The molecule has 2 rings (SSSR count). The van der Waals surface area contributed by atoms with Crippen LogP contribution in [0.1, 0.15) is 11.1 Å². The molecular weight excluding hydrogens is 231 g/mol. The van der Waals surface area contributed by atoms with Crippen LogP contribution in [0.4, 0.5) is 16.2 Å². The molecule has 0 unspecified atom stereocenters. The van der Waals surface area contributed by atoms with Gasteiger partial charge in [0.15, 0.2) is 0 Å². The summed E-state index contributed by atoms with van der Waals surface area (Å²) in [6.45, 7) is 3.57. The molecule has 0 aliphatic heterocycles. The molecule has 0 atom stereocenters. The minimum atomic E-state index is -0.216. The maximum Gasteiger partial charge on any atom is 0.222 e. The molecule has 0 fully saturated rings. The summed E-state index contributed by atoms with van der Waals surface area (Å²) in [4.78, 5) is 8.22. The van der Waals surface area contributed by atoms with Gasteiger partial charge in [0, 0.05) is 18.7 Å². The summed E-state index contributed by atoms with van der Waals surface area (Å²) in [5.41, 5.74) is 8.60. The lowest BCUT2D eigenvalue weighted by atomic mass is 10.0. The molecule has 4 nitrogen and oxygen atoms in total. The van der Waals surface area contributed by atoms with Gasteiger partial charge in [-0.25, -0.2) is 9.37 Å². The Morgan fingerprint density at radius 1 is 1.11 bits per heavy atom. The quantitative estimate of drug-likeness (QED) is 0.854. The summed E-state index contributed by atoms with van der Waals surface area (Å²) in [5, 5.41) is 2.92. The Labute approximate surface area is 105 Å². The van der Waals surface area contributed by atoms with Gasteiger partial charge in [0.2, 0.25) is 5.95 Å². The number of anilines is 2. The molecular formula is C13H15FN4. The van der Waals surface area contributed by atoms with E-state index in [2.05, 4.69) is 15.3 Å². The number of nitrogen functional groups attached to an aromatic ring is 1. The van der Waals surface area contributed by atoms with Gasteiger partial charge in [0.1, 0.15) is 11.6 Å². The summed E-state index contributed by atoms with van der Waals surface area (Å²) in [7, 11) is 1.76. The Morgan fingerprint density at radius 2 is 1.83 bits per heavy atom. The summed E-state index contributed by atoms with van der Waals surface area (Å²) >= 11 is 0. The molecule has 94 valence electrons. The molecule has 0 bridgehead atoms. The van der Waals surface area contributed by atoms with Crippen LogP contribution >= 0.6 is 0 Å². The largest absolute Gasteiger partial charge is 0.373 e. The van der Waals surface area contributed by atoms with E-state index in [0.29, 0.717) is 17.1 Å². The number of benzene rings is 1. The molecule has 1 aromatic heterocycles. The fraction of sp³-hybridized carbons (Fsp3) is 0.231. The van der Waals surface area contributed by atoms with Crippen molar-refractivity contribution in [2.75, 3.05) is 18.1 Å². The molecule has 3 N–H and O–H groups in total. The van der Waals surface area contributed by atoms with Crippen LogP contribution in [0, 0.1) is 19.7 Å².